The summed E-state index contributed by atoms with van der Waals surface area (Å²) in [5, 5.41) is 21.2. The summed E-state index contributed by atoms with van der Waals surface area (Å²) < 4.78 is 42.3. The summed E-state index contributed by atoms with van der Waals surface area (Å²) in [7, 11) is 0. The highest BCUT2D eigenvalue weighted by molar-refractivity contribution is 5.80. The van der Waals surface area contributed by atoms with Crippen LogP contribution in [0.4, 0.5) is 0 Å². The molecule has 0 aliphatic carbocycles. The number of nitrogens with one attached hydrogen (secondary N) is 8. The Morgan fingerprint density at radius 1 is 0.413 bits per heavy atom. The van der Waals surface area contributed by atoms with Crippen molar-refractivity contribution in [3.8, 4) is 0 Å². The van der Waals surface area contributed by atoms with Crippen molar-refractivity contribution in [1.82, 2.24) is 42.5 Å². The van der Waals surface area contributed by atoms with Gasteiger partial charge in [-0.3, -0.25) is 43.7 Å². The molecule has 0 fully saturated rings. The summed E-state index contributed by atoms with van der Waals surface area (Å²) in [4.78, 5) is 103. The maximum Gasteiger partial charge on any atom is 0.246 e. The predicted molar refractivity (Wildman–Crippen MR) is 277 cm³/mol. The van der Waals surface area contributed by atoms with E-state index >= 15 is 0 Å². The summed E-state index contributed by atoms with van der Waals surface area (Å²) in [5.74, 6) is -2.06. The van der Waals surface area contributed by atoms with Crippen LogP contribution in [-0.4, -0.2) is 211 Å². The van der Waals surface area contributed by atoms with E-state index in [0.717, 1.165) is 19.3 Å². The fourth-order valence-corrected chi connectivity index (χ4v) is 5.26. The lowest BCUT2D eigenvalue weighted by Crippen LogP contribution is -2.46. The Hall–Kier alpha value is -4.97. The fraction of sp³-hybridized carbons (Fsp3) is 0.812. The number of carbonyl (C=O) groups excluding carboxylic acids is 9. The number of rotatable bonds is 49. The summed E-state index contributed by atoms with van der Waals surface area (Å²) >= 11 is 0. The molecule has 0 radical (unpaired) electrons. The van der Waals surface area contributed by atoms with E-state index < -0.39 is 11.9 Å². The number of ketones is 1. The molecule has 0 unspecified atom stereocenters. The van der Waals surface area contributed by atoms with E-state index in [1.807, 2.05) is 0 Å². The molecule has 438 valence electrons. The van der Waals surface area contributed by atoms with Crippen LogP contribution in [0, 0.1) is 0 Å². The first-order valence-electron chi connectivity index (χ1n) is 25.8. The van der Waals surface area contributed by atoms with Crippen LogP contribution in [0.3, 0.4) is 0 Å². The molecule has 75 heavy (non-hydrogen) atoms. The Morgan fingerprint density at radius 2 is 0.773 bits per heavy atom. The van der Waals surface area contributed by atoms with E-state index in [2.05, 4.69) is 63.3 Å². The summed E-state index contributed by atoms with van der Waals surface area (Å²) in [6, 6.07) is -0.578. The van der Waals surface area contributed by atoms with Crippen molar-refractivity contribution in [2.24, 2.45) is 11.5 Å². The van der Waals surface area contributed by atoms with Crippen LogP contribution in [0.25, 0.3) is 0 Å². The predicted octanol–water partition coefficient (Wildman–Crippen LogP) is -2.21. The molecule has 0 spiro atoms. The standard InChI is InChI=1S/C39H74N10O16.C6H12O.C3H8/c1-31(50)48-30-49-32(39(41)57)5-2-3-8-42-35(53)25-62-21-19-60-15-11-45-36(54)26-63-22-17-58-13-9-43-33(51)6-4-7-34(52)44-10-14-59-18-23-64-27-37(55)46-12-16-61-20-24-65-28-38(56)47-29-40;1-3-4-5-6(2)7;1-3-2/h32,49H,2-30,40H2,1H3,(H2,41,57)(H,42,53)(H,43,51)(H,44,52)(H,45,54)(H,46,55)(H,47,56)(H,48,50);3-5H2,1-2H3;3H2,1-2H3/t32-;;/m0../s1. The molecule has 12 N–H and O–H groups in total. The normalized spacial score (nSPS) is 10.9. The van der Waals surface area contributed by atoms with E-state index in [0.29, 0.717) is 44.6 Å². The molecule has 0 saturated carbocycles. The highest BCUT2D eigenvalue weighted by atomic mass is 16.5. The minimum Gasteiger partial charge on any atom is -0.377 e. The molecule has 27 nitrogen and oxygen atoms in total. The molecular weight excluding hydrogens is 989 g/mol. The number of Topliss-reactive ketones (excluding diaryl/α,β-unsaturated/α-hetero) is 1. The second kappa shape index (κ2) is 58.3. The maximum absolute atomic E-state index is 12.0. The molecule has 0 heterocycles. The third kappa shape index (κ3) is 63.2. The molecule has 1 atom stereocenters. The summed E-state index contributed by atoms with van der Waals surface area (Å²) in [5.41, 5.74) is 10.5. The highest BCUT2D eigenvalue weighted by Gasteiger charge is 2.14. The van der Waals surface area contributed by atoms with Gasteiger partial charge in [0.05, 0.1) is 98.7 Å². The Bertz CT molecular complexity index is 1490. The van der Waals surface area contributed by atoms with Gasteiger partial charge in [0.1, 0.15) is 32.2 Å². The molecule has 0 bridgehead atoms. The van der Waals surface area contributed by atoms with Crippen molar-refractivity contribution < 1.29 is 81.0 Å². The van der Waals surface area contributed by atoms with Crippen LogP contribution >= 0.6 is 0 Å². The molecule has 27 heteroatoms. The van der Waals surface area contributed by atoms with Gasteiger partial charge in [-0.15, -0.1) is 0 Å². The second-order valence-electron chi connectivity index (χ2n) is 16.1. The monoisotopic (exact) mass is 1080 g/mol. The molecule has 0 saturated heterocycles. The van der Waals surface area contributed by atoms with Gasteiger partial charge in [0.15, 0.2) is 0 Å². The van der Waals surface area contributed by atoms with Gasteiger partial charge in [-0.05, 0) is 39.0 Å². The van der Waals surface area contributed by atoms with Gasteiger partial charge in [-0.2, -0.15) is 0 Å². The van der Waals surface area contributed by atoms with E-state index in [4.69, 9.17) is 49.4 Å². The van der Waals surface area contributed by atoms with Crippen LogP contribution in [0.2, 0.25) is 0 Å². The number of primary amides is 1. The molecule has 0 aromatic heterocycles. The minimum absolute atomic E-state index is 0.0465. The smallest absolute Gasteiger partial charge is 0.246 e. The van der Waals surface area contributed by atoms with Gasteiger partial charge >= 0.3 is 0 Å². The number of amides is 8. The number of hydrogen-bond acceptors (Lipinski definition) is 19. The summed E-state index contributed by atoms with van der Waals surface area (Å²) in [6.07, 6.45) is 6.66. The van der Waals surface area contributed by atoms with Crippen LogP contribution in [0.5, 0.6) is 0 Å². The first kappa shape index (κ1) is 74.3. The number of nitrogens with two attached hydrogens (primary N) is 2. The maximum atomic E-state index is 12.0. The molecule has 0 aliphatic rings. The van der Waals surface area contributed by atoms with Gasteiger partial charge in [-0.25, -0.2) is 0 Å². The lowest BCUT2D eigenvalue weighted by molar-refractivity contribution is -0.127. The zero-order valence-corrected chi connectivity index (χ0v) is 45.5. The Balaban J connectivity index is -0.00000469. The average molecular weight is 1080 g/mol. The van der Waals surface area contributed by atoms with E-state index in [1.165, 1.54) is 13.3 Å². The first-order valence-corrected chi connectivity index (χ1v) is 25.8. The molecule has 0 aromatic carbocycles. The molecule has 8 amide bonds. The first-order chi connectivity index (χ1) is 36.1. The van der Waals surface area contributed by atoms with Gasteiger partial charge < -0.3 is 91.4 Å². The zero-order chi connectivity index (χ0) is 56.4. The Labute approximate surface area is 443 Å². The topological polar surface area (TPSA) is 376 Å². The largest absolute Gasteiger partial charge is 0.377 e. The fourth-order valence-electron chi connectivity index (χ4n) is 5.26. The van der Waals surface area contributed by atoms with Crippen LogP contribution in [0.1, 0.15) is 98.8 Å². The molecule has 0 aliphatic heterocycles. The average Bonchev–Trinajstić information content (AvgIpc) is 3.36. The third-order valence-electron chi connectivity index (χ3n) is 8.96. The number of unbranched alkanes of at least 4 members (excludes halogenated alkanes) is 2. The molecular formula is C48H94N10O17. The molecule has 0 rings (SSSR count). The van der Waals surface area contributed by atoms with E-state index in [9.17, 15) is 43.2 Å². The highest BCUT2D eigenvalue weighted by Crippen LogP contribution is 2.00. The minimum atomic E-state index is -0.578. The zero-order valence-electron chi connectivity index (χ0n) is 45.5. The van der Waals surface area contributed by atoms with Crippen molar-refractivity contribution in [3.05, 3.63) is 0 Å². The van der Waals surface area contributed by atoms with Crippen LogP contribution in [0.15, 0.2) is 0 Å². The van der Waals surface area contributed by atoms with Crippen molar-refractivity contribution in [2.45, 2.75) is 105 Å². The van der Waals surface area contributed by atoms with E-state index in [1.54, 1.807) is 6.92 Å². The quantitative estimate of drug-likeness (QED) is 0.0228. The number of ether oxygens (including phenoxy) is 8. The van der Waals surface area contributed by atoms with Crippen LogP contribution in [-0.2, 0) is 81.0 Å². The van der Waals surface area contributed by atoms with Gasteiger partial charge in [-0.1, -0.05) is 33.6 Å². The lowest BCUT2D eigenvalue weighted by Gasteiger charge is -2.15. The Kier molecular flexibility index (Phi) is 57.7. The molecule has 0 aromatic rings. The van der Waals surface area contributed by atoms with Crippen molar-refractivity contribution in [3.63, 3.8) is 0 Å². The van der Waals surface area contributed by atoms with E-state index in [-0.39, 0.29) is 193 Å². The van der Waals surface area contributed by atoms with Gasteiger partial charge in [0.2, 0.25) is 47.3 Å². The SMILES string of the molecule is CC(=O)NCN[C@@H](CCCCNC(=O)COCCOCCNC(=O)COCCOCCNC(=O)CCCC(=O)NCCOCCOCC(=O)NCCOCCOCC(=O)NCN)C(N)=O.CCC.CCCCC(C)=O. The van der Waals surface area contributed by atoms with Gasteiger partial charge in [0.25, 0.3) is 0 Å². The Morgan fingerprint density at radius 3 is 1.11 bits per heavy atom. The van der Waals surface area contributed by atoms with Crippen LogP contribution < -0.4 is 54.0 Å². The van der Waals surface area contributed by atoms with Gasteiger partial charge in [0, 0.05) is 58.9 Å². The second-order valence-corrected chi connectivity index (χ2v) is 16.1. The third-order valence-corrected chi connectivity index (χ3v) is 8.96. The number of carbonyl (C=O) groups is 9. The summed E-state index contributed by atoms with van der Waals surface area (Å²) in [6.45, 7) is 13.4. The van der Waals surface area contributed by atoms with Crippen molar-refractivity contribution in [2.75, 3.05) is 152 Å². The number of hydrogen-bond donors (Lipinski definition) is 10. The van der Waals surface area contributed by atoms with Crippen molar-refractivity contribution >= 4 is 53.0 Å². The lowest BCUT2D eigenvalue weighted by atomic mass is 10.1. The van der Waals surface area contributed by atoms with Crippen molar-refractivity contribution in [1.29, 1.82) is 0 Å².